The van der Waals surface area contributed by atoms with Gasteiger partial charge in [0.1, 0.15) is 5.75 Å². The van der Waals surface area contributed by atoms with E-state index >= 15 is 0 Å². The van der Waals surface area contributed by atoms with Crippen molar-refractivity contribution in [3.63, 3.8) is 0 Å². The summed E-state index contributed by atoms with van der Waals surface area (Å²) in [7, 11) is 0. The first-order valence-electron chi connectivity index (χ1n) is 11.4. The van der Waals surface area contributed by atoms with Crippen LogP contribution in [0.4, 0.5) is 13.2 Å². The lowest BCUT2D eigenvalue weighted by molar-refractivity contribution is -0.201. The van der Waals surface area contributed by atoms with Crippen LogP contribution in [0.15, 0.2) is 48.5 Å². The van der Waals surface area contributed by atoms with Gasteiger partial charge in [-0.15, -0.1) is 0 Å². The highest BCUT2D eigenvalue weighted by atomic mass is 35.5. The molecule has 190 valence electrons. The number of ether oxygens (including phenoxy) is 2. The number of carbonyl (C=O) groups is 3. The Kier molecular flexibility index (Phi) is 7.51. The van der Waals surface area contributed by atoms with Crippen molar-refractivity contribution in [2.45, 2.75) is 30.9 Å². The van der Waals surface area contributed by atoms with E-state index in [4.69, 9.17) is 16.3 Å². The first kappa shape index (κ1) is 25.9. The maximum Gasteiger partial charge on any atom is 0.491 e. The molecule has 1 spiro atoms. The van der Waals surface area contributed by atoms with E-state index in [9.17, 15) is 27.6 Å². The standard InChI is InChI=1S/C26H23ClF3NO5/c27-20-4-2-1-3-17(20)6-8-21(32)18-5-7-19-22(15-18)35-16-25(19)10-13-31(14-11-25)12-9-23(33)36-24(34)26(28,29)30/h1-8,15H,9-14,16H2/b8-6+. The minimum Gasteiger partial charge on any atom is -0.492 e. The fourth-order valence-corrected chi connectivity index (χ4v) is 4.68. The van der Waals surface area contributed by atoms with E-state index in [1.807, 2.05) is 29.2 Å². The van der Waals surface area contributed by atoms with Crippen LogP contribution in [0.25, 0.3) is 6.08 Å². The monoisotopic (exact) mass is 521 g/mol. The molecule has 0 radical (unpaired) electrons. The van der Waals surface area contributed by atoms with E-state index in [2.05, 4.69) is 4.74 Å². The maximum absolute atomic E-state index is 12.7. The summed E-state index contributed by atoms with van der Waals surface area (Å²) in [5.74, 6) is -3.21. The van der Waals surface area contributed by atoms with Crippen molar-refractivity contribution in [2.24, 2.45) is 0 Å². The van der Waals surface area contributed by atoms with Gasteiger partial charge in [0.25, 0.3) is 0 Å². The molecular weight excluding hydrogens is 499 g/mol. The molecule has 0 bridgehead atoms. The Morgan fingerprint density at radius 2 is 1.83 bits per heavy atom. The summed E-state index contributed by atoms with van der Waals surface area (Å²) >= 11 is 6.13. The number of likely N-dealkylation sites (tertiary alicyclic amines) is 1. The number of ketones is 1. The molecule has 0 atom stereocenters. The fraction of sp³-hybridized carbons (Fsp3) is 0.346. The lowest BCUT2D eigenvalue weighted by Crippen LogP contribution is -2.44. The molecular formula is C26H23ClF3NO5. The third-order valence-corrected chi connectivity index (χ3v) is 6.89. The number of carbonyl (C=O) groups excluding carboxylic acids is 3. The number of nitrogens with zero attached hydrogens (tertiary/aromatic N) is 1. The number of piperidine rings is 1. The van der Waals surface area contributed by atoms with Gasteiger partial charge in [0.05, 0.1) is 13.0 Å². The van der Waals surface area contributed by atoms with Crippen LogP contribution in [-0.4, -0.2) is 55.0 Å². The molecule has 0 unspecified atom stereocenters. The zero-order chi connectivity index (χ0) is 25.9. The topological polar surface area (TPSA) is 72.9 Å². The summed E-state index contributed by atoms with van der Waals surface area (Å²) in [5.41, 5.74) is 2.03. The SMILES string of the molecule is O=C(CCN1CCC2(CC1)COc1cc(C(=O)/C=C/c3ccccc3Cl)ccc12)OC(=O)C(F)(F)F. The van der Waals surface area contributed by atoms with E-state index in [1.165, 1.54) is 6.08 Å². The molecule has 10 heteroatoms. The number of allylic oxidation sites excluding steroid dienone is 1. The van der Waals surface area contributed by atoms with E-state index in [1.54, 1.807) is 24.3 Å². The number of esters is 2. The van der Waals surface area contributed by atoms with E-state index in [0.29, 0.717) is 36.0 Å². The second kappa shape index (κ2) is 10.4. The van der Waals surface area contributed by atoms with Crippen molar-refractivity contribution in [3.05, 3.63) is 70.3 Å². The van der Waals surface area contributed by atoms with Crippen LogP contribution in [0, 0.1) is 0 Å². The number of rotatable bonds is 6. The maximum atomic E-state index is 12.7. The van der Waals surface area contributed by atoms with Gasteiger partial charge in [0.15, 0.2) is 5.78 Å². The molecule has 36 heavy (non-hydrogen) atoms. The fourth-order valence-electron chi connectivity index (χ4n) is 4.48. The molecule has 0 aromatic heterocycles. The van der Waals surface area contributed by atoms with Gasteiger partial charge in [0.2, 0.25) is 0 Å². The van der Waals surface area contributed by atoms with Crippen LogP contribution in [0.3, 0.4) is 0 Å². The summed E-state index contributed by atoms with van der Waals surface area (Å²) in [6.07, 6.45) is -0.925. The lowest BCUT2D eigenvalue weighted by Gasteiger charge is -2.38. The number of hydrogen-bond donors (Lipinski definition) is 0. The molecule has 1 fully saturated rings. The van der Waals surface area contributed by atoms with Gasteiger partial charge in [0, 0.05) is 28.1 Å². The highest BCUT2D eigenvalue weighted by Gasteiger charge is 2.44. The van der Waals surface area contributed by atoms with Crippen molar-refractivity contribution in [1.82, 2.24) is 4.90 Å². The average Bonchev–Trinajstić information content (AvgIpc) is 3.19. The third-order valence-electron chi connectivity index (χ3n) is 6.54. The Labute approximate surface area is 210 Å². The number of benzene rings is 2. The van der Waals surface area contributed by atoms with E-state index in [-0.39, 0.29) is 24.2 Å². The van der Waals surface area contributed by atoms with Gasteiger partial charge in [-0.25, -0.2) is 4.79 Å². The summed E-state index contributed by atoms with van der Waals surface area (Å²) in [4.78, 5) is 36.9. The van der Waals surface area contributed by atoms with Crippen molar-refractivity contribution >= 4 is 35.4 Å². The van der Waals surface area contributed by atoms with Crippen molar-refractivity contribution < 1.29 is 37.0 Å². The van der Waals surface area contributed by atoms with Crippen LogP contribution in [-0.2, 0) is 19.7 Å². The van der Waals surface area contributed by atoms with Crippen LogP contribution < -0.4 is 4.74 Å². The van der Waals surface area contributed by atoms with Gasteiger partial charge < -0.3 is 14.4 Å². The first-order valence-corrected chi connectivity index (χ1v) is 11.7. The molecule has 0 saturated carbocycles. The quantitative estimate of drug-likeness (QED) is 0.231. The lowest BCUT2D eigenvalue weighted by atomic mass is 9.74. The molecule has 0 amide bonds. The Balaban J connectivity index is 1.33. The molecule has 4 rings (SSSR count). The summed E-state index contributed by atoms with van der Waals surface area (Å²) < 4.78 is 46.4. The highest BCUT2D eigenvalue weighted by Crippen LogP contribution is 2.45. The van der Waals surface area contributed by atoms with Gasteiger partial charge >= 0.3 is 18.1 Å². The third kappa shape index (κ3) is 5.79. The Morgan fingerprint density at radius 1 is 1.11 bits per heavy atom. The highest BCUT2D eigenvalue weighted by molar-refractivity contribution is 6.32. The van der Waals surface area contributed by atoms with Crippen LogP contribution >= 0.6 is 11.6 Å². The second-order valence-corrected chi connectivity index (χ2v) is 9.26. The van der Waals surface area contributed by atoms with Crippen LogP contribution in [0.2, 0.25) is 5.02 Å². The molecule has 2 aliphatic heterocycles. The molecule has 6 nitrogen and oxygen atoms in total. The molecule has 2 heterocycles. The van der Waals surface area contributed by atoms with E-state index < -0.39 is 18.1 Å². The predicted octanol–water partition coefficient (Wildman–Crippen LogP) is 4.98. The smallest absolute Gasteiger partial charge is 0.491 e. The van der Waals surface area contributed by atoms with E-state index in [0.717, 1.165) is 24.0 Å². The van der Waals surface area contributed by atoms with Crippen LogP contribution in [0.5, 0.6) is 5.75 Å². The summed E-state index contributed by atoms with van der Waals surface area (Å²) in [6.45, 7) is 1.86. The Morgan fingerprint density at radius 3 is 2.53 bits per heavy atom. The van der Waals surface area contributed by atoms with Gasteiger partial charge in [-0.2, -0.15) is 13.2 Å². The molecule has 0 aliphatic carbocycles. The summed E-state index contributed by atoms with van der Waals surface area (Å²) in [6, 6.07) is 12.6. The number of fused-ring (bicyclic) bond motifs is 2. The number of alkyl halides is 3. The zero-order valence-corrected chi connectivity index (χ0v) is 19.9. The first-order chi connectivity index (χ1) is 17.1. The van der Waals surface area contributed by atoms with Gasteiger partial charge in [-0.1, -0.05) is 41.9 Å². The van der Waals surface area contributed by atoms with Gasteiger partial charge in [-0.3, -0.25) is 9.59 Å². The average molecular weight is 522 g/mol. The predicted molar refractivity (Wildman–Crippen MR) is 126 cm³/mol. The minimum absolute atomic E-state index is 0.173. The largest absolute Gasteiger partial charge is 0.492 e. The van der Waals surface area contributed by atoms with Crippen LogP contribution in [0.1, 0.15) is 40.7 Å². The molecule has 1 saturated heterocycles. The summed E-state index contributed by atoms with van der Waals surface area (Å²) in [5, 5.41) is 0.554. The van der Waals surface area contributed by atoms with Gasteiger partial charge in [-0.05, 0) is 55.8 Å². The second-order valence-electron chi connectivity index (χ2n) is 8.85. The van der Waals surface area contributed by atoms with Crippen molar-refractivity contribution in [2.75, 3.05) is 26.2 Å². The normalized spacial score (nSPS) is 17.1. The minimum atomic E-state index is -5.20. The molecule has 2 aliphatic rings. The molecule has 2 aromatic carbocycles. The molecule has 2 aromatic rings. The number of halogens is 4. The number of hydrogen-bond acceptors (Lipinski definition) is 6. The zero-order valence-electron chi connectivity index (χ0n) is 19.1. The molecule has 0 N–H and O–H groups in total. The van der Waals surface area contributed by atoms with Crippen molar-refractivity contribution in [3.8, 4) is 5.75 Å². The Bertz CT molecular complexity index is 1200. The Hall–Kier alpha value is -3.17. The van der Waals surface area contributed by atoms with Crippen molar-refractivity contribution in [1.29, 1.82) is 0 Å².